The van der Waals surface area contributed by atoms with Crippen molar-refractivity contribution >= 4 is 18.0 Å². The smallest absolute Gasteiger partial charge is 0.276 e. The molecule has 1 spiro atoms. The van der Waals surface area contributed by atoms with Gasteiger partial charge in [0.15, 0.2) is 0 Å². The highest BCUT2D eigenvalue weighted by Crippen LogP contribution is 2.60. The summed E-state index contributed by atoms with van der Waals surface area (Å²) in [5.74, 6) is 0.333. The Balaban J connectivity index is 1.05. The maximum Gasteiger partial charge on any atom is 0.276 e. The SMILES string of the molecule is C[C@H](c1ccc(C(=O)N=CC2CCCC23CC3)cc1)N1Cc2cc(-c3n[nH]c4c3CC(C)(C)C4)ccc2C1=O. The van der Waals surface area contributed by atoms with Crippen LogP contribution >= 0.6 is 0 Å². The van der Waals surface area contributed by atoms with Crippen LogP contribution in [0.5, 0.6) is 0 Å². The van der Waals surface area contributed by atoms with Gasteiger partial charge >= 0.3 is 0 Å². The van der Waals surface area contributed by atoms with E-state index >= 15 is 0 Å². The molecule has 2 amide bonds. The molecule has 2 aromatic carbocycles. The van der Waals surface area contributed by atoms with Crippen LogP contribution in [0.15, 0.2) is 47.5 Å². The quantitative estimate of drug-likeness (QED) is 0.380. The minimum Gasteiger partial charge on any atom is -0.328 e. The predicted molar refractivity (Wildman–Crippen MR) is 152 cm³/mol. The van der Waals surface area contributed by atoms with E-state index < -0.39 is 0 Å². The maximum atomic E-state index is 13.4. The van der Waals surface area contributed by atoms with E-state index in [1.807, 2.05) is 47.5 Å². The van der Waals surface area contributed by atoms with Crippen LogP contribution in [0.1, 0.15) is 102 Å². The molecule has 0 bridgehead atoms. The lowest BCUT2D eigenvalue weighted by atomic mass is 9.90. The highest BCUT2D eigenvalue weighted by molar-refractivity contribution is 6.00. The summed E-state index contributed by atoms with van der Waals surface area (Å²) in [5.41, 5.74) is 8.75. The van der Waals surface area contributed by atoms with Gasteiger partial charge in [0.05, 0.1) is 11.7 Å². The lowest BCUT2D eigenvalue weighted by Gasteiger charge is -2.24. The number of H-pyrrole nitrogens is 1. The number of amides is 2. The first-order valence-electron chi connectivity index (χ1n) is 14.4. The third-order valence-electron chi connectivity index (χ3n) is 9.82. The Bertz CT molecular complexity index is 1510. The molecule has 1 aliphatic heterocycles. The number of carbonyl (C=O) groups excluding carboxylic acids is 2. The standard InChI is InChI=1S/C33H36N4O2/c1-20(21-6-8-22(9-7-21)30(38)34-18-25-5-4-12-33(25)13-14-33)37-19-24-15-23(10-11-26(24)31(37)39)29-27-16-32(2,3)17-28(27)35-36-29/h6-11,15,18,20,25H,4-5,12-14,16-17,19H2,1-3H3,(H,35,36)/t20-,25?/m1/s1. The van der Waals surface area contributed by atoms with Gasteiger partial charge in [-0.15, -0.1) is 0 Å². The van der Waals surface area contributed by atoms with E-state index in [-0.39, 0.29) is 23.3 Å². The molecule has 6 nitrogen and oxygen atoms in total. The zero-order valence-electron chi connectivity index (χ0n) is 23.1. The molecule has 1 aromatic heterocycles. The number of nitrogens with zero attached hydrogens (tertiary/aromatic N) is 3. The minimum absolute atomic E-state index is 0.0489. The number of fused-ring (bicyclic) bond motifs is 2. The average Bonchev–Trinajstić information content (AvgIpc) is 3.13. The number of aromatic amines is 1. The first-order chi connectivity index (χ1) is 18.7. The fraction of sp³-hybridized carbons (Fsp3) is 0.455. The highest BCUT2D eigenvalue weighted by atomic mass is 16.2. The summed E-state index contributed by atoms with van der Waals surface area (Å²) in [6.07, 6.45) is 10.2. The van der Waals surface area contributed by atoms with Crippen molar-refractivity contribution in [1.29, 1.82) is 0 Å². The van der Waals surface area contributed by atoms with Crippen LogP contribution in [0.25, 0.3) is 11.3 Å². The molecule has 0 radical (unpaired) electrons. The predicted octanol–water partition coefficient (Wildman–Crippen LogP) is 6.71. The molecule has 39 heavy (non-hydrogen) atoms. The van der Waals surface area contributed by atoms with E-state index in [9.17, 15) is 9.59 Å². The molecule has 6 heteroatoms. The molecule has 2 heterocycles. The Hall–Kier alpha value is -3.54. The largest absolute Gasteiger partial charge is 0.328 e. The number of hydrogen-bond acceptors (Lipinski definition) is 3. The van der Waals surface area contributed by atoms with Crippen LogP contribution in [-0.2, 0) is 19.4 Å². The molecule has 7 rings (SSSR count). The number of rotatable bonds is 5. The summed E-state index contributed by atoms with van der Waals surface area (Å²) >= 11 is 0. The topological polar surface area (TPSA) is 78.4 Å². The first-order valence-corrected chi connectivity index (χ1v) is 14.4. The average molecular weight is 521 g/mol. The molecule has 3 aromatic rings. The van der Waals surface area contributed by atoms with Gasteiger partial charge in [0, 0.05) is 46.6 Å². The van der Waals surface area contributed by atoms with Crippen molar-refractivity contribution in [3.63, 3.8) is 0 Å². The van der Waals surface area contributed by atoms with Crippen molar-refractivity contribution < 1.29 is 9.59 Å². The Morgan fingerprint density at radius 2 is 1.92 bits per heavy atom. The third-order valence-corrected chi connectivity index (χ3v) is 9.82. The second kappa shape index (κ2) is 8.73. The van der Waals surface area contributed by atoms with Crippen molar-refractivity contribution in [3.8, 4) is 11.3 Å². The van der Waals surface area contributed by atoms with Crippen molar-refractivity contribution in [2.75, 3.05) is 0 Å². The van der Waals surface area contributed by atoms with Gasteiger partial charge in [-0.3, -0.25) is 14.7 Å². The number of carbonyl (C=O) groups is 2. The fourth-order valence-electron chi connectivity index (χ4n) is 7.30. The first kappa shape index (κ1) is 24.5. The summed E-state index contributed by atoms with van der Waals surface area (Å²) in [4.78, 5) is 32.3. The van der Waals surface area contributed by atoms with Crippen LogP contribution in [0, 0.1) is 16.7 Å². The maximum absolute atomic E-state index is 13.4. The zero-order chi connectivity index (χ0) is 26.9. The van der Waals surface area contributed by atoms with Gasteiger partial charge in [-0.25, -0.2) is 4.99 Å². The Kier molecular flexibility index (Phi) is 5.49. The van der Waals surface area contributed by atoms with Crippen molar-refractivity contribution in [3.05, 3.63) is 76.0 Å². The molecule has 4 aliphatic rings. The second-order valence-corrected chi connectivity index (χ2v) is 13.1. The zero-order valence-corrected chi connectivity index (χ0v) is 23.1. The number of aliphatic imine (C=N–C) groups is 1. The van der Waals surface area contributed by atoms with E-state index in [0.29, 0.717) is 23.4 Å². The highest BCUT2D eigenvalue weighted by Gasteiger charge is 2.51. The number of aromatic nitrogens is 2. The number of benzene rings is 2. The lowest BCUT2D eigenvalue weighted by molar-refractivity contribution is 0.0715. The molecular weight excluding hydrogens is 484 g/mol. The van der Waals surface area contributed by atoms with Crippen molar-refractivity contribution in [2.24, 2.45) is 21.7 Å². The summed E-state index contributed by atoms with van der Waals surface area (Å²) in [7, 11) is 0. The Morgan fingerprint density at radius 3 is 2.69 bits per heavy atom. The van der Waals surface area contributed by atoms with Gasteiger partial charge in [-0.1, -0.05) is 38.5 Å². The second-order valence-electron chi connectivity index (χ2n) is 13.1. The van der Waals surface area contributed by atoms with E-state index in [2.05, 4.69) is 42.0 Å². The molecule has 2 saturated carbocycles. The van der Waals surface area contributed by atoms with Crippen molar-refractivity contribution in [2.45, 2.75) is 78.3 Å². The van der Waals surface area contributed by atoms with Gasteiger partial charge in [-0.05, 0) is 91.7 Å². The third kappa shape index (κ3) is 4.16. The summed E-state index contributed by atoms with van der Waals surface area (Å²) in [6.45, 7) is 7.20. The van der Waals surface area contributed by atoms with Crippen LogP contribution in [0.4, 0.5) is 0 Å². The van der Waals surface area contributed by atoms with Gasteiger partial charge in [0.25, 0.3) is 11.8 Å². The molecule has 3 aliphatic carbocycles. The van der Waals surface area contributed by atoms with Gasteiger partial charge in [-0.2, -0.15) is 5.10 Å². The lowest BCUT2D eigenvalue weighted by Crippen LogP contribution is -2.27. The molecule has 1 unspecified atom stereocenters. The molecule has 200 valence electrons. The molecule has 1 N–H and O–H groups in total. The summed E-state index contributed by atoms with van der Waals surface area (Å²) < 4.78 is 0. The molecule has 0 saturated heterocycles. The van der Waals surface area contributed by atoms with Crippen LogP contribution in [-0.4, -0.2) is 33.1 Å². The van der Waals surface area contributed by atoms with E-state index in [4.69, 9.17) is 0 Å². The fourth-order valence-corrected chi connectivity index (χ4v) is 7.30. The molecular formula is C33H36N4O2. The van der Waals surface area contributed by atoms with E-state index in [0.717, 1.165) is 47.2 Å². The Labute approximate surface area is 229 Å². The number of nitrogens with one attached hydrogen (secondary N) is 1. The van der Waals surface area contributed by atoms with Crippen LogP contribution < -0.4 is 0 Å². The van der Waals surface area contributed by atoms with Gasteiger partial charge in [0.2, 0.25) is 0 Å². The van der Waals surface area contributed by atoms with Gasteiger partial charge < -0.3 is 4.90 Å². The molecule has 2 atom stereocenters. The van der Waals surface area contributed by atoms with Crippen LogP contribution in [0.3, 0.4) is 0 Å². The minimum atomic E-state index is -0.178. The summed E-state index contributed by atoms with van der Waals surface area (Å²) in [5, 5.41) is 7.87. The molecule has 2 fully saturated rings. The normalized spacial score (nSPS) is 23.0. The van der Waals surface area contributed by atoms with E-state index in [1.54, 1.807) is 0 Å². The van der Waals surface area contributed by atoms with Gasteiger partial charge in [0.1, 0.15) is 0 Å². The monoisotopic (exact) mass is 520 g/mol. The van der Waals surface area contributed by atoms with Crippen LogP contribution in [0.2, 0.25) is 0 Å². The number of hydrogen-bond donors (Lipinski definition) is 1. The Morgan fingerprint density at radius 1 is 1.13 bits per heavy atom. The van der Waals surface area contributed by atoms with Crippen molar-refractivity contribution in [1.82, 2.24) is 15.1 Å². The summed E-state index contributed by atoms with van der Waals surface area (Å²) in [6, 6.07) is 13.6. The van der Waals surface area contributed by atoms with E-state index in [1.165, 1.54) is 36.9 Å².